The van der Waals surface area contributed by atoms with E-state index < -0.39 is 17.5 Å². The molecule has 0 amide bonds. The topological polar surface area (TPSA) is 96.2 Å². The van der Waals surface area contributed by atoms with Crippen LogP contribution in [0.15, 0.2) is 6.08 Å². The number of hydrogen-bond donors (Lipinski definition) is 3. The number of halogens is 3. The second-order valence-corrected chi connectivity index (χ2v) is 7.35. The molecule has 6 nitrogen and oxygen atoms in total. The third kappa shape index (κ3) is 3.80. The highest BCUT2D eigenvalue weighted by Crippen LogP contribution is 2.52. The van der Waals surface area contributed by atoms with E-state index in [9.17, 15) is 20.1 Å². The van der Waals surface area contributed by atoms with Gasteiger partial charge in [0.15, 0.2) is 23.0 Å². The van der Waals surface area contributed by atoms with Gasteiger partial charge in [-0.25, -0.2) is 4.79 Å². The Bertz CT molecular complexity index is 1040. The SMILES string of the molecule is C/C=C(\C)c1c(Cl)c(O)c(C)c(O)c1Oc1c(Cl)c(O)c(Cl)c(C)c1C(=O)OC. The molecule has 0 aliphatic carbocycles. The van der Waals surface area contributed by atoms with E-state index in [4.69, 9.17) is 44.3 Å². The van der Waals surface area contributed by atoms with Crippen molar-refractivity contribution in [2.24, 2.45) is 0 Å². The molecular formula is C20H19Cl3O6. The zero-order chi connectivity index (χ0) is 22.2. The molecule has 0 aliphatic rings. The Kier molecular flexibility index (Phi) is 6.83. The predicted molar refractivity (Wildman–Crippen MR) is 113 cm³/mol. The van der Waals surface area contributed by atoms with Crippen LogP contribution in [0.1, 0.15) is 40.9 Å². The molecule has 2 aromatic rings. The van der Waals surface area contributed by atoms with E-state index in [1.165, 1.54) is 13.8 Å². The molecule has 29 heavy (non-hydrogen) atoms. The maximum atomic E-state index is 12.4. The number of hydrogen-bond acceptors (Lipinski definition) is 6. The molecule has 0 saturated heterocycles. The highest BCUT2D eigenvalue weighted by Gasteiger charge is 2.30. The number of phenolic OH excluding ortho intramolecular Hbond substituents is 3. The van der Waals surface area contributed by atoms with Crippen LogP contribution in [-0.4, -0.2) is 28.4 Å². The van der Waals surface area contributed by atoms with E-state index in [1.807, 2.05) is 0 Å². The first-order valence-corrected chi connectivity index (χ1v) is 9.46. The molecule has 0 bridgehead atoms. The van der Waals surface area contributed by atoms with Gasteiger partial charge in [0.1, 0.15) is 16.3 Å². The molecule has 0 aromatic heterocycles. The number of aromatic hydroxyl groups is 3. The number of phenols is 3. The number of allylic oxidation sites excluding steroid dienone is 2. The summed E-state index contributed by atoms with van der Waals surface area (Å²) >= 11 is 18.6. The number of carbonyl (C=O) groups excluding carboxylic acids is 1. The number of ether oxygens (including phenoxy) is 2. The van der Waals surface area contributed by atoms with Crippen LogP contribution in [0.25, 0.3) is 5.57 Å². The molecule has 0 unspecified atom stereocenters. The molecule has 156 valence electrons. The molecule has 3 N–H and O–H groups in total. The molecule has 2 rings (SSSR count). The summed E-state index contributed by atoms with van der Waals surface area (Å²) in [5, 5.41) is 30.6. The van der Waals surface area contributed by atoms with Gasteiger partial charge in [-0.3, -0.25) is 0 Å². The first-order valence-electron chi connectivity index (χ1n) is 8.33. The van der Waals surface area contributed by atoms with Crippen molar-refractivity contribution in [3.05, 3.63) is 43.4 Å². The van der Waals surface area contributed by atoms with Gasteiger partial charge in [0.2, 0.25) is 0 Å². The smallest absolute Gasteiger partial charge is 0.342 e. The Labute approximate surface area is 182 Å². The zero-order valence-electron chi connectivity index (χ0n) is 16.3. The Morgan fingerprint density at radius 3 is 1.97 bits per heavy atom. The third-order valence-corrected chi connectivity index (χ3v) is 5.73. The van der Waals surface area contributed by atoms with E-state index in [0.717, 1.165) is 7.11 Å². The number of esters is 1. The summed E-state index contributed by atoms with van der Waals surface area (Å²) in [4.78, 5) is 12.4. The molecule has 9 heteroatoms. The minimum Gasteiger partial charge on any atom is -0.506 e. The van der Waals surface area contributed by atoms with E-state index >= 15 is 0 Å². The van der Waals surface area contributed by atoms with Gasteiger partial charge in [0, 0.05) is 11.1 Å². The van der Waals surface area contributed by atoms with Gasteiger partial charge in [0.25, 0.3) is 0 Å². The van der Waals surface area contributed by atoms with Crippen molar-refractivity contribution in [1.82, 2.24) is 0 Å². The Hall–Kier alpha value is -2.28. The second-order valence-electron chi connectivity index (χ2n) is 6.21. The highest BCUT2D eigenvalue weighted by molar-refractivity contribution is 6.39. The standard InChI is InChI=1S/C20H19Cl3O6/c1-6-7(2)10-13(22)15(24)9(4)16(25)19(10)29-18-11(20(27)28-5)8(3)12(21)17(26)14(18)23/h6,24-26H,1-5H3/b7-6+. The first kappa shape index (κ1) is 23.0. The van der Waals surface area contributed by atoms with Gasteiger partial charge < -0.3 is 24.8 Å². The van der Waals surface area contributed by atoms with Crippen LogP contribution < -0.4 is 4.74 Å². The lowest BCUT2D eigenvalue weighted by atomic mass is 10.0. The minimum absolute atomic E-state index is 0.0586. The summed E-state index contributed by atoms with van der Waals surface area (Å²) in [6, 6.07) is 0. The van der Waals surface area contributed by atoms with Gasteiger partial charge in [-0.2, -0.15) is 0 Å². The Morgan fingerprint density at radius 1 is 0.862 bits per heavy atom. The quantitative estimate of drug-likeness (QED) is 0.457. The molecule has 0 heterocycles. The Morgan fingerprint density at radius 2 is 1.45 bits per heavy atom. The van der Waals surface area contributed by atoms with Gasteiger partial charge in [-0.1, -0.05) is 40.9 Å². The predicted octanol–water partition coefficient (Wildman–Crippen LogP) is 6.38. The summed E-state index contributed by atoms with van der Waals surface area (Å²) < 4.78 is 10.6. The van der Waals surface area contributed by atoms with Crippen LogP contribution in [0, 0.1) is 13.8 Å². The van der Waals surface area contributed by atoms with Gasteiger partial charge in [-0.05, 0) is 38.8 Å². The number of methoxy groups -OCH3 is 1. The normalized spacial score (nSPS) is 11.5. The van der Waals surface area contributed by atoms with Crippen molar-refractivity contribution in [3.63, 3.8) is 0 Å². The first-order chi connectivity index (χ1) is 13.5. The average Bonchev–Trinajstić information content (AvgIpc) is 2.71. The van der Waals surface area contributed by atoms with E-state index in [-0.39, 0.29) is 54.6 Å². The van der Waals surface area contributed by atoms with Crippen LogP contribution in [0.2, 0.25) is 15.1 Å². The number of carbonyl (C=O) groups is 1. The average molecular weight is 462 g/mol. The van der Waals surface area contributed by atoms with Crippen LogP contribution in [0.4, 0.5) is 0 Å². The van der Waals surface area contributed by atoms with Crippen LogP contribution in [-0.2, 0) is 4.74 Å². The fourth-order valence-electron chi connectivity index (χ4n) is 2.70. The van der Waals surface area contributed by atoms with Crippen molar-refractivity contribution in [2.45, 2.75) is 27.7 Å². The Balaban J connectivity index is 2.94. The molecule has 0 spiro atoms. The largest absolute Gasteiger partial charge is 0.506 e. The van der Waals surface area contributed by atoms with Crippen molar-refractivity contribution in [2.75, 3.05) is 7.11 Å². The highest BCUT2D eigenvalue weighted by atomic mass is 35.5. The maximum Gasteiger partial charge on any atom is 0.342 e. The lowest BCUT2D eigenvalue weighted by molar-refractivity contribution is 0.0597. The molecule has 0 radical (unpaired) electrons. The van der Waals surface area contributed by atoms with E-state index in [2.05, 4.69) is 0 Å². The molecule has 2 aromatic carbocycles. The lowest BCUT2D eigenvalue weighted by Gasteiger charge is -2.21. The summed E-state index contributed by atoms with van der Waals surface area (Å²) in [5.74, 6) is -2.48. The molecular weight excluding hydrogens is 443 g/mol. The third-order valence-electron chi connectivity index (χ3n) is 4.55. The van der Waals surface area contributed by atoms with Crippen LogP contribution in [0.5, 0.6) is 28.7 Å². The van der Waals surface area contributed by atoms with Crippen molar-refractivity contribution in [3.8, 4) is 28.7 Å². The van der Waals surface area contributed by atoms with E-state index in [0.29, 0.717) is 5.57 Å². The van der Waals surface area contributed by atoms with Crippen LogP contribution in [0.3, 0.4) is 0 Å². The van der Waals surface area contributed by atoms with Crippen molar-refractivity contribution in [1.29, 1.82) is 0 Å². The fourth-order valence-corrected chi connectivity index (χ4v) is 3.54. The van der Waals surface area contributed by atoms with Gasteiger partial charge >= 0.3 is 5.97 Å². The minimum atomic E-state index is -0.813. The molecule has 0 saturated carbocycles. The zero-order valence-corrected chi connectivity index (χ0v) is 18.5. The number of rotatable bonds is 4. The second kappa shape index (κ2) is 8.61. The van der Waals surface area contributed by atoms with Gasteiger partial charge in [-0.15, -0.1) is 0 Å². The van der Waals surface area contributed by atoms with Gasteiger partial charge in [0.05, 0.1) is 17.2 Å². The number of benzene rings is 2. The van der Waals surface area contributed by atoms with Crippen molar-refractivity contribution >= 4 is 46.3 Å². The molecule has 0 fully saturated rings. The van der Waals surface area contributed by atoms with Crippen molar-refractivity contribution < 1.29 is 29.6 Å². The van der Waals surface area contributed by atoms with E-state index in [1.54, 1.807) is 19.9 Å². The summed E-state index contributed by atoms with van der Waals surface area (Å²) in [6.07, 6.45) is 1.69. The molecule has 0 aliphatic heterocycles. The maximum absolute atomic E-state index is 12.4. The summed E-state index contributed by atoms with van der Waals surface area (Å²) in [7, 11) is 1.16. The fraction of sp³-hybridized carbons (Fsp3) is 0.250. The monoisotopic (exact) mass is 460 g/mol. The molecule has 0 atom stereocenters. The van der Waals surface area contributed by atoms with Crippen LogP contribution >= 0.6 is 34.8 Å². The lowest BCUT2D eigenvalue weighted by Crippen LogP contribution is -2.08. The summed E-state index contributed by atoms with van der Waals surface area (Å²) in [6.45, 7) is 6.33. The summed E-state index contributed by atoms with van der Waals surface area (Å²) in [5.41, 5.74) is 0.852.